The van der Waals surface area contributed by atoms with Gasteiger partial charge in [0.15, 0.2) is 0 Å². The van der Waals surface area contributed by atoms with Crippen LogP contribution in [-0.4, -0.2) is 39.7 Å². The van der Waals surface area contributed by atoms with Gasteiger partial charge in [-0.2, -0.15) is 0 Å². The molecule has 0 aliphatic carbocycles. The van der Waals surface area contributed by atoms with E-state index in [9.17, 15) is 10.2 Å². The molecule has 0 spiro atoms. The molecule has 0 saturated carbocycles. The molecule has 2 aliphatic heterocycles. The molecule has 5 nitrogen and oxygen atoms in total. The lowest BCUT2D eigenvalue weighted by Crippen LogP contribution is -2.55. The van der Waals surface area contributed by atoms with Gasteiger partial charge in [0.05, 0.1) is 16.9 Å². The topological polar surface area (TPSA) is 65.8 Å². The van der Waals surface area contributed by atoms with Crippen molar-refractivity contribution >= 4 is 17.2 Å². The molecular formula is C32H37ClN2O3. The monoisotopic (exact) mass is 532 g/mol. The van der Waals surface area contributed by atoms with Crippen molar-refractivity contribution in [1.29, 1.82) is 0 Å². The molecule has 5 rings (SSSR count). The molecular weight excluding hydrogens is 496 g/mol. The third-order valence-electron chi connectivity index (χ3n) is 8.16. The summed E-state index contributed by atoms with van der Waals surface area (Å²) in [5.74, 6) is 0.800. The van der Waals surface area contributed by atoms with E-state index < -0.39 is 11.2 Å². The van der Waals surface area contributed by atoms with Gasteiger partial charge in [-0.25, -0.2) is 0 Å². The van der Waals surface area contributed by atoms with Gasteiger partial charge in [0.25, 0.3) is 0 Å². The SMILES string of the molecule is CC(C)(O)c1ccc2c(c1)C(=CCCN1CCC(O)(c3ccc(Cl)cc3)C(C)(C)C1)c1cccnc1CO2. The van der Waals surface area contributed by atoms with Gasteiger partial charge in [-0.1, -0.05) is 55.8 Å². The third kappa shape index (κ3) is 5.13. The van der Waals surface area contributed by atoms with Gasteiger partial charge >= 0.3 is 0 Å². The zero-order chi connectivity index (χ0) is 27.1. The maximum atomic E-state index is 11.7. The summed E-state index contributed by atoms with van der Waals surface area (Å²) in [5.41, 5.74) is 3.63. The number of nitrogens with zero attached hydrogens (tertiary/aromatic N) is 2. The first-order valence-electron chi connectivity index (χ1n) is 13.3. The first kappa shape index (κ1) is 26.9. The normalized spacial score (nSPS) is 22.3. The Hall–Kier alpha value is -2.70. The zero-order valence-corrected chi connectivity index (χ0v) is 23.4. The van der Waals surface area contributed by atoms with Crippen molar-refractivity contribution in [3.05, 3.63) is 99.8 Å². The summed E-state index contributed by atoms with van der Waals surface area (Å²) < 4.78 is 6.14. The summed E-state index contributed by atoms with van der Waals surface area (Å²) in [5, 5.41) is 23.1. The first-order valence-corrected chi connectivity index (χ1v) is 13.7. The van der Waals surface area contributed by atoms with Crippen LogP contribution in [0.3, 0.4) is 0 Å². The van der Waals surface area contributed by atoms with Gasteiger partial charge < -0.3 is 19.8 Å². The van der Waals surface area contributed by atoms with Crippen LogP contribution in [0.25, 0.3) is 5.57 Å². The molecule has 1 atom stereocenters. The molecule has 2 N–H and O–H groups in total. The van der Waals surface area contributed by atoms with E-state index in [2.05, 4.69) is 35.9 Å². The molecule has 3 heterocycles. The number of likely N-dealkylation sites (tertiary alicyclic amines) is 1. The number of rotatable bonds is 5. The van der Waals surface area contributed by atoms with Gasteiger partial charge in [-0.3, -0.25) is 4.98 Å². The van der Waals surface area contributed by atoms with Gasteiger partial charge in [0.2, 0.25) is 0 Å². The number of ether oxygens (including phenoxy) is 1. The van der Waals surface area contributed by atoms with E-state index >= 15 is 0 Å². The molecule has 2 aliphatic rings. The molecule has 200 valence electrons. The lowest BCUT2D eigenvalue weighted by Gasteiger charge is -2.50. The number of piperidine rings is 1. The molecule has 2 aromatic carbocycles. The Labute approximate surface area is 230 Å². The third-order valence-corrected chi connectivity index (χ3v) is 8.42. The highest BCUT2D eigenvalue weighted by atomic mass is 35.5. The van der Waals surface area contributed by atoms with E-state index in [1.165, 1.54) is 0 Å². The highest BCUT2D eigenvalue weighted by Crippen LogP contribution is 2.46. The van der Waals surface area contributed by atoms with E-state index in [0.29, 0.717) is 18.1 Å². The number of halogens is 1. The smallest absolute Gasteiger partial charge is 0.131 e. The molecule has 0 amide bonds. The number of hydrogen-bond donors (Lipinski definition) is 2. The molecule has 0 radical (unpaired) electrons. The van der Waals surface area contributed by atoms with Crippen LogP contribution in [0.5, 0.6) is 5.75 Å². The molecule has 38 heavy (non-hydrogen) atoms. The minimum Gasteiger partial charge on any atom is -0.487 e. The summed E-state index contributed by atoms with van der Waals surface area (Å²) in [6, 6.07) is 17.6. The summed E-state index contributed by atoms with van der Waals surface area (Å²) in [6.45, 7) is 10.8. The molecule has 1 aromatic heterocycles. The minimum atomic E-state index is -0.954. The predicted molar refractivity (Wildman–Crippen MR) is 152 cm³/mol. The number of aliphatic hydroxyl groups is 2. The number of hydrogen-bond acceptors (Lipinski definition) is 5. The van der Waals surface area contributed by atoms with E-state index in [1.54, 1.807) is 20.0 Å². The van der Waals surface area contributed by atoms with E-state index in [1.807, 2.05) is 48.5 Å². The fourth-order valence-corrected chi connectivity index (χ4v) is 5.95. The average molecular weight is 533 g/mol. The van der Waals surface area contributed by atoms with Crippen LogP contribution in [0, 0.1) is 5.41 Å². The Morgan fingerprint density at radius 1 is 1.11 bits per heavy atom. The van der Waals surface area contributed by atoms with Crippen LogP contribution in [0.1, 0.15) is 68.5 Å². The molecule has 6 heteroatoms. The van der Waals surface area contributed by atoms with Gasteiger partial charge in [-0.15, -0.1) is 0 Å². The number of aromatic nitrogens is 1. The largest absolute Gasteiger partial charge is 0.487 e. The fraction of sp³-hybridized carbons (Fsp3) is 0.406. The molecule has 3 aromatic rings. The Kier molecular flexibility index (Phi) is 7.16. The Morgan fingerprint density at radius 2 is 1.87 bits per heavy atom. The maximum Gasteiger partial charge on any atom is 0.131 e. The minimum absolute atomic E-state index is 0.326. The van der Waals surface area contributed by atoms with Gasteiger partial charge in [-0.05, 0) is 73.7 Å². The van der Waals surface area contributed by atoms with Crippen molar-refractivity contribution in [2.24, 2.45) is 5.41 Å². The Balaban J connectivity index is 1.39. The highest BCUT2D eigenvalue weighted by molar-refractivity contribution is 6.30. The van der Waals surface area contributed by atoms with Gasteiger partial charge in [0, 0.05) is 47.4 Å². The van der Waals surface area contributed by atoms with Crippen molar-refractivity contribution in [3.63, 3.8) is 0 Å². The maximum absolute atomic E-state index is 11.7. The molecule has 1 saturated heterocycles. The van der Waals surface area contributed by atoms with Crippen LogP contribution in [-0.2, 0) is 17.8 Å². The molecule has 1 fully saturated rings. The standard InChI is InChI=1S/C32H37ClN2O3/c1-30(2)21-35(18-15-32(30,37)22-9-12-24(33)13-10-22)17-6-8-25-26-7-5-16-34-28(26)20-38-29-14-11-23(19-27(25)29)31(3,4)36/h5,7-14,16,19,36-37H,6,15,17-18,20-21H2,1-4H3. The second-order valence-corrected chi connectivity index (χ2v) is 12.2. The zero-order valence-electron chi connectivity index (χ0n) is 22.7. The van der Waals surface area contributed by atoms with E-state index in [4.69, 9.17) is 16.3 Å². The fourth-order valence-electron chi connectivity index (χ4n) is 5.83. The Bertz CT molecular complexity index is 1340. The van der Waals surface area contributed by atoms with Crippen LogP contribution in [0.2, 0.25) is 5.02 Å². The van der Waals surface area contributed by atoms with Crippen LogP contribution in [0.4, 0.5) is 0 Å². The second-order valence-electron chi connectivity index (χ2n) is 11.7. The van der Waals surface area contributed by atoms with Crippen LogP contribution >= 0.6 is 11.6 Å². The summed E-state index contributed by atoms with van der Waals surface area (Å²) in [4.78, 5) is 7.03. The predicted octanol–water partition coefficient (Wildman–Crippen LogP) is 6.30. The lowest BCUT2D eigenvalue weighted by molar-refractivity contribution is -0.125. The summed E-state index contributed by atoms with van der Waals surface area (Å²) in [7, 11) is 0. The molecule has 1 unspecified atom stereocenters. The van der Waals surface area contributed by atoms with Gasteiger partial charge in [0.1, 0.15) is 12.4 Å². The van der Waals surface area contributed by atoms with Crippen molar-refractivity contribution in [2.75, 3.05) is 19.6 Å². The Morgan fingerprint density at radius 3 is 2.58 bits per heavy atom. The summed E-state index contributed by atoms with van der Waals surface area (Å²) >= 11 is 6.10. The number of pyridine rings is 1. The van der Waals surface area contributed by atoms with E-state index in [-0.39, 0.29) is 5.41 Å². The van der Waals surface area contributed by atoms with Crippen LogP contribution < -0.4 is 4.74 Å². The number of benzene rings is 2. The van der Waals surface area contributed by atoms with E-state index in [0.717, 1.165) is 65.3 Å². The average Bonchev–Trinajstić information content (AvgIpc) is 3.02. The van der Waals surface area contributed by atoms with Crippen molar-refractivity contribution in [3.8, 4) is 5.75 Å². The highest BCUT2D eigenvalue weighted by Gasteiger charge is 2.48. The van der Waals surface area contributed by atoms with Crippen molar-refractivity contribution in [2.45, 2.75) is 58.3 Å². The number of fused-ring (bicyclic) bond motifs is 2. The van der Waals surface area contributed by atoms with Crippen LogP contribution in [0.15, 0.2) is 66.9 Å². The lowest BCUT2D eigenvalue weighted by atomic mass is 9.66. The molecule has 0 bridgehead atoms. The van der Waals surface area contributed by atoms with Crippen molar-refractivity contribution in [1.82, 2.24) is 9.88 Å². The van der Waals surface area contributed by atoms with Crippen molar-refractivity contribution < 1.29 is 14.9 Å². The second kappa shape index (κ2) is 10.1. The first-order chi connectivity index (χ1) is 18.0. The summed E-state index contributed by atoms with van der Waals surface area (Å²) in [6.07, 6.45) is 5.58. The quantitative estimate of drug-likeness (QED) is 0.404.